The molecule has 0 N–H and O–H groups in total. The Labute approximate surface area is 78.8 Å². The Bertz CT molecular complexity index is 220. The maximum Gasteiger partial charge on any atom is 0.123 e. The lowest BCUT2D eigenvalue weighted by atomic mass is 9.96. The summed E-state index contributed by atoms with van der Waals surface area (Å²) in [6.45, 7) is 2.10. The third kappa shape index (κ3) is 1.51. The van der Waals surface area contributed by atoms with Crippen LogP contribution in [-0.2, 0) is 0 Å². The van der Waals surface area contributed by atoms with Crippen LogP contribution in [0, 0.1) is 11.3 Å². The SMILES string of the molecule is CCC(C#N)(SC)C1=CCCC1. The van der Waals surface area contributed by atoms with Crippen LogP contribution < -0.4 is 0 Å². The topological polar surface area (TPSA) is 23.8 Å². The third-order valence-corrected chi connectivity index (χ3v) is 3.93. The number of allylic oxidation sites excluding steroid dienone is 1. The molecule has 0 fully saturated rings. The summed E-state index contributed by atoms with van der Waals surface area (Å²) in [4.78, 5) is 0. The number of thioether (sulfide) groups is 1. The van der Waals surface area contributed by atoms with E-state index in [0.29, 0.717) is 0 Å². The molecule has 0 bridgehead atoms. The Hall–Kier alpha value is -0.420. The summed E-state index contributed by atoms with van der Waals surface area (Å²) in [7, 11) is 0. The van der Waals surface area contributed by atoms with E-state index in [0.717, 1.165) is 12.8 Å². The van der Waals surface area contributed by atoms with Crippen molar-refractivity contribution in [1.82, 2.24) is 0 Å². The summed E-state index contributed by atoms with van der Waals surface area (Å²) in [5.74, 6) is 0. The fraction of sp³-hybridized carbons (Fsp3) is 0.700. The molecule has 0 saturated heterocycles. The summed E-state index contributed by atoms with van der Waals surface area (Å²) in [6, 6.07) is 2.45. The fourth-order valence-corrected chi connectivity index (χ4v) is 2.56. The van der Waals surface area contributed by atoms with Gasteiger partial charge in [0.2, 0.25) is 0 Å². The molecule has 2 heteroatoms. The van der Waals surface area contributed by atoms with Gasteiger partial charge in [0.25, 0.3) is 0 Å². The molecule has 0 radical (unpaired) electrons. The monoisotopic (exact) mass is 181 g/mol. The first-order chi connectivity index (χ1) is 5.79. The Morgan fingerprint density at radius 1 is 1.75 bits per heavy atom. The highest BCUT2D eigenvalue weighted by molar-refractivity contribution is 8.00. The first-order valence-electron chi connectivity index (χ1n) is 4.45. The lowest BCUT2D eigenvalue weighted by Crippen LogP contribution is -2.22. The van der Waals surface area contributed by atoms with E-state index in [-0.39, 0.29) is 4.75 Å². The molecular formula is C10H15NS. The van der Waals surface area contributed by atoms with Gasteiger partial charge in [-0.3, -0.25) is 0 Å². The second-order valence-electron chi connectivity index (χ2n) is 3.12. The average molecular weight is 181 g/mol. The number of hydrogen-bond acceptors (Lipinski definition) is 2. The maximum atomic E-state index is 9.13. The van der Waals surface area contributed by atoms with E-state index in [4.69, 9.17) is 5.26 Å². The van der Waals surface area contributed by atoms with Crippen molar-refractivity contribution in [2.45, 2.75) is 37.4 Å². The predicted molar refractivity (Wildman–Crippen MR) is 54.1 cm³/mol. The van der Waals surface area contributed by atoms with Gasteiger partial charge < -0.3 is 0 Å². The highest BCUT2D eigenvalue weighted by Crippen LogP contribution is 2.39. The van der Waals surface area contributed by atoms with E-state index in [9.17, 15) is 0 Å². The second kappa shape index (κ2) is 4.00. The molecule has 0 aromatic heterocycles. The van der Waals surface area contributed by atoms with Gasteiger partial charge in [-0.05, 0) is 37.5 Å². The van der Waals surface area contributed by atoms with Gasteiger partial charge in [0.15, 0.2) is 0 Å². The molecule has 0 heterocycles. The van der Waals surface area contributed by atoms with Gasteiger partial charge in [-0.15, -0.1) is 11.8 Å². The van der Waals surface area contributed by atoms with Crippen LogP contribution in [0.25, 0.3) is 0 Å². The minimum atomic E-state index is -0.212. The standard InChI is InChI=1S/C10H15NS/c1-3-10(8-11,12-2)9-6-4-5-7-9/h6H,3-5,7H2,1-2H3. The Kier molecular flexibility index (Phi) is 3.22. The van der Waals surface area contributed by atoms with E-state index >= 15 is 0 Å². The van der Waals surface area contributed by atoms with Gasteiger partial charge in [0.1, 0.15) is 4.75 Å². The smallest absolute Gasteiger partial charge is 0.123 e. The molecule has 0 amide bonds. The molecule has 0 saturated carbocycles. The van der Waals surface area contributed by atoms with Crippen LogP contribution in [0.1, 0.15) is 32.6 Å². The van der Waals surface area contributed by atoms with E-state index < -0.39 is 0 Å². The number of hydrogen-bond donors (Lipinski definition) is 0. The van der Waals surface area contributed by atoms with Gasteiger partial charge in [-0.1, -0.05) is 13.0 Å². The van der Waals surface area contributed by atoms with Gasteiger partial charge >= 0.3 is 0 Å². The lowest BCUT2D eigenvalue weighted by Gasteiger charge is -2.24. The highest BCUT2D eigenvalue weighted by Gasteiger charge is 2.32. The summed E-state index contributed by atoms with van der Waals surface area (Å²) in [5.41, 5.74) is 1.36. The van der Waals surface area contributed by atoms with Crippen molar-refractivity contribution in [2.75, 3.05) is 6.26 Å². The highest BCUT2D eigenvalue weighted by atomic mass is 32.2. The molecule has 0 aromatic rings. The molecule has 66 valence electrons. The van der Waals surface area contributed by atoms with Crippen molar-refractivity contribution < 1.29 is 0 Å². The molecule has 1 aliphatic rings. The van der Waals surface area contributed by atoms with Crippen LogP contribution >= 0.6 is 11.8 Å². The van der Waals surface area contributed by atoms with Crippen molar-refractivity contribution in [3.05, 3.63) is 11.6 Å². The molecule has 1 nitrogen and oxygen atoms in total. The average Bonchev–Trinajstić information content (AvgIpc) is 2.62. The minimum Gasteiger partial charge on any atom is -0.196 e. The van der Waals surface area contributed by atoms with E-state index in [1.165, 1.54) is 18.4 Å². The van der Waals surface area contributed by atoms with Crippen molar-refractivity contribution >= 4 is 11.8 Å². The summed E-state index contributed by atoms with van der Waals surface area (Å²) >= 11 is 1.69. The lowest BCUT2D eigenvalue weighted by molar-refractivity contribution is 0.754. The van der Waals surface area contributed by atoms with Crippen LogP contribution in [0.4, 0.5) is 0 Å². The third-order valence-electron chi connectivity index (χ3n) is 2.59. The molecule has 12 heavy (non-hydrogen) atoms. The normalized spacial score (nSPS) is 21.2. The molecule has 0 spiro atoms. The first-order valence-corrected chi connectivity index (χ1v) is 5.67. The Balaban J connectivity index is 2.85. The first kappa shape index (κ1) is 9.67. The zero-order valence-electron chi connectivity index (χ0n) is 7.76. The fourth-order valence-electron chi connectivity index (χ4n) is 1.74. The number of nitrogens with zero attached hydrogens (tertiary/aromatic N) is 1. The van der Waals surface area contributed by atoms with Crippen molar-refractivity contribution in [1.29, 1.82) is 5.26 Å². The van der Waals surface area contributed by atoms with Crippen molar-refractivity contribution in [2.24, 2.45) is 0 Å². The van der Waals surface area contributed by atoms with Crippen LogP contribution in [0.5, 0.6) is 0 Å². The van der Waals surface area contributed by atoms with E-state index in [1.54, 1.807) is 11.8 Å². The molecule has 1 unspecified atom stereocenters. The second-order valence-corrected chi connectivity index (χ2v) is 4.22. The summed E-state index contributed by atoms with van der Waals surface area (Å²) in [6.07, 6.45) is 8.74. The van der Waals surface area contributed by atoms with Crippen LogP contribution in [0.2, 0.25) is 0 Å². The molecular weight excluding hydrogens is 166 g/mol. The number of rotatable bonds is 3. The van der Waals surface area contributed by atoms with Crippen LogP contribution in [-0.4, -0.2) is 11.0 Å². The Morgan fingerprint density at radius 2 is 2.50 bits per heavy atom. The molecule has 0 aromatic carbocycles. The van der Waals surface area contributed by atoms with Gasteiger partial charge in [-0.25, -0.2) is 0 Å². The largest absolute Gasteiger partial charge is 0.196 e. The maximum absolute atomic E-state index is 9.13. The number of nitriles is 1. The van der Waals surface area contributed by atoms with E-state index in [2.05, 4.69) is 19.1 Å². The van der Waals surface area contributed by atoms with Gasteiger partial charge in [0, 0.05) is 0 Å². The van der Waals surface area contributed by atoms with E-state index in [1.807, 2.05) is 6.26 Å². The Morgan fingerprint density at radius 3 is 2.83 bits per heavy atom. The van der Waals surface area contributed by atoms with Crippen LogP contribution in [0.3, 0.4) is 0 Å². The van der Waals surface area contributed by atoms with Crippen molar-refractivity contribution in [3.63, 3.8) is 0 Å². The van der Waals surface area contributed by atoms with Gasteiger partial charge in [0.05, 0.1) is 6.07 Å². The summed E-state index contributed by atoms with van der Waals surface area (Å²) in [5, 5.41) is 9.13. The molecule has 1 aliphatic carbocycles. The molecule has 1 rings (SSSR count). The van der Waals surface area contributed by atoms with Gasteiger partial charge in [-0.2, -0.15) is 5.26 Å². The minimum absolute atomic E-state index is 0.212. The predicted octanol–water partition coefficient (Wildman–Crippen LogP) is 3.13. The molecule has 1 atom stereocenters. The van der Waals surface area contributed by atoms with Crippen LogP contribution in [0.15, 0.2) is 11.6 Å². The quantitative estimate of drug-likeness (QED) is 0.624. The zero-order valence-corrected chi connectivity index (χ0v) is 8.58. The zero-order chi connectivity index (χ0) is 9.03. The molecule has 0 aliphatic heterocycles. The summed E-state index contributed by atoms with van der Waals surface area (Å²) < 4.78 is -0.212. The van der Waals surface area contributed by atoms with Crippen molar-refractivity contribution in [3.8, 4) is 6.07 Å².